The lowest BCUT2D eigenvalue weighted by atomic mass is 9.99. The van der Waals surface area contributed by atoms with Gasteiger partial charge >= 0.3 is 5.97 Å². The number of benzene rings is 1. The van der Waals surface area contributed by atoms with Crippen LogP contribution in [-0.2, 0) is 5.92 Å². The smallest absolute Gasteiger partial charge is 0.335 e. The van der Waals surface area contributed by atoms with Crippen LogP contribution in [0.15, 0.2) is 49.2 Å². The molecule has 0 aliphatic rings. The number of hydrogen-bond donors (Lipinski definition) is 1. The number of aromatic carboxylic acids is 1. The zero-order valence-electron chi connectivity index (χ0n) is 10.7. The molecule has 0 bridgehead atoms. The van der Waals surface area contributed by atoms with Crippen LogP contribution in [0, 0.1) is 5.82 Å². The van der Waals surface area contributed by atoms with E-state index in [0.717, 1.165) is 24.3 Å². The molecular weight excluding hydrogens is 283 g/mol. The Kier molecular flexibility index (Phi) is 3.80. The number of rotatable bonds is 4. The predicted octanol–water partition coefficient (Wildman–Crippen LogP) is 3.86. The molecule has 0 amide bonds. The van der Waals surface area contributed by atoms with Gasteiger partial charge < -0.3 is 5.11 Å². The Morgan fingerprint density at radius 2 is 2.05 bits per heavy atom. The number of alkyl halides is 2. The number of hydrogen-bond acceptors (Lipinski definition) is 2. The van der Waals surface area contributed by atoms with E-state index in [1.165, 1.54) is 12.3 Å². The summed E-state index contributed by atoms with van der Waals surface area (Å²) in [5, 5.41) is 8.78. The van der Waals surface area contributed by atoms with Crippen LogP contribution in [0.1, 0.15) is 15.9 Å². The first-order valence-corrected chi connectivity index (χ1v) is 5.87. The van der Waals surface area contributed by atoms with Crippen LogP contribution >= 0.6 is 0 Å². The Morgan fingerprint density at radius 1 is 1.33 bits per heavy atom. The van der Waals surface area contributed by atoms with E-state index < -0.39 is 23.3 Å². The van der Waals surface area contributed by atoms with Gasteiger partial charge in [-0.2, -0.15) is 8.78 Å². The minimum Gasteiger partial charge on any atom is -0.478 e. The van der Waals surface area contributed by atoms with Gasteiger partial charge in [0.25, 0.3) is 5.92 Å². The van der Waals surface area contributed by atoms with Crippen LogP contribution in [0.5, 0.6) is 0 Å². The first kappa shape index (κ1) is 14.8. The summed E-state index contributed by atoms with van der Waals surface area (Å²) >= 11 is 0. The van der Waals surface area contributed by atoms with Crippen LogP contribution in [0.4, 0.5) is 13.2 Å². The van der Waals surface area contributed by atoms with Gasteiger partial charge in [0, 0.05) is 11.8 Å². The molecule has 0 aliphatic carbocycles. The highest BCUT2D eigenvalue weighted by Gasteiger charge is 2.31. The predicted molar refractivity (Wildman–Crippen MR) is 70.7 cm³/mol. The molecule has 0 unspecified atom stereocenters. The summed E-state index contributed by atoms with van der Waals surface area (Å²) in [5.41, 5.74) is -1.22. The average Bonchev–Trinajstić information content (AvgIpc) is 2.47. The summed E-state index contributed by atoms with van der Waals surface area (Å²) in [6.07, 6.45) is 1.69. The van der Waals surface area contributed by atoms with Crippen LogP contribution < -0.4 is 0 Å². The molecule has 3 nitrogen and oxygen atoms in total. The molecule has 0 aliphatic heterocycles. The van der Waals surface area contributed by atoms with Crippen molar-refractivity contribution in [2.75, 3.05) is 0 Å². The van der Waals surface area contributed by atoms with E-state index >= 15 is 0 Å². The topological polar surface area (TPSA) is 50.2 Å². The van der Waals surface area contributed by atoms with E-state index in [9.17, 15) is 18.0 Å². The molecule has 0 saturated heterocycles. The van der Waals surface area contributed by atoms with Crippen molar-refractivity contribution < 1.29 is 23.1 Å². The molecule has 6 heteroatoms. The van der Waals surface area contributed by atoms with Gasteiger partial charge in [-0.05, 0) is 36.4 Å². The maximum atomic E-state index is 14.0. The Bertz CT molecular complexity index is 714. The third-order valence-corrected chi connectivity index (χ3v) is 2.89. The summed E-state index contributed by atoms with van der Waals surface area (Å²) in [7, 11) is 0. The standard InChI is InChI=1S/C15H10F3NO2/c1-2-15(17,18)11-4-3-7-19-13(11)10-6-5-9(14(20)21)8-12(10)16/h2-8H,1H2,(H,20,21). The lowest BCUT2D eigenvalue weighted by Crippen LogP contribution is -2.12. The maximum absolute atomic E-state index is 14.0. The summed E-state index contributed by atoms with van der Waals surface area (Å²) in [5.74, 6) is -5.62. The number of nitrogens with zero attached hydrogens (tertiary/aromatic N) is 1. The maximum Gasteiger partial charge on any atom is 0.335 e. The molecule has 1 aromatic heterocycles. The SMILES string of the molecule is C=CC(F)(F)c1cccnc1-c1ccc(C(=O)O)cc1F. The molecule has 2 rings (SSSR count). The molecule has 0 radical (unpaired) electrons. The van der Waals surface area contributed by atoms with Crippen LogP contribution in [-0.4, -0.2) is 16.1 Å². The van der Waals surface area contributed by atoms with Gasteiger partial charge in [-0.15, -0.1) is 0 Å². The lowest BCUT2D eigenvalue weighted by molar-refractivity contribution is 0.0528. The van der Waals surface area contributed by atoms with Gasteiger partial charge in [-0.1, -0.05) is 6.58 Å². The number of aromatic nitrogens is 1. The van der Waals surface area contributed by atoms with Crippen molar-refractivity contribution in [3.8, 4) is 11.3 Å². The van der Waals surface area contributed by atoms with Crippen molar-refractivity contribution >= 4 is 5.97 Å². The minimum atomic E-state index is -3.37. The normalized spacial score (nSPS) is 11.2. The second-order valence-electron chi connectivity index (χ2n) is 4.23. The molecule has 0 saturated carbocycles. The van der Waals surface area contributed by atoms with Gasteiger partial charge in [0.1, 0.15) is 5.82 Å². The van der Waals surface area contributed by atoms with Crippen LogP contribution in [0.2, 0.25) is 0 Å². The summed E-state index contributed by atoms with van der Waals surface area (Å²) in [6.45, 7) is 3.05. The Morgan fingerprint density at radius 3 is 2.62 bits per heavy atom. The molecule has 1 heterocycles. The number of carboxylic acid groups (broad SMARTS) is 1. The number of halogens is 3. The monoisotopic (exact) mass is 293 g/mol. The summed E-state index contributed by atoms with van der Waals surface area (Å²) < 4.78 is 41.6. The second-order valence-corrected chi connectivity index (χ2v) is 4.23. The van der Waals surface area contributed by atoms with Gasteiger partial charge in [0.2, 0.25) is 0 Å². The zero-order chi connectivity index (χ0) is 15.6. The molecule has 2 aromatic rings. The van der Waals surface area contributed by atoms with Crippen LogP contribution in [0.25, 0.3) is 11.3 Å². The van der Waals surface area contributed by atoms with Crippen molar-refractivity contribution in [1.82, 2.24) is 4.98 Å². The number of allylic oxidation sites excluding steroid dienone is 1. The van der Waals surface area contributed by atoms with E-state index in [1.807, 2.05) is 0 Å². The highest BCUT2D eigenvalue weighted by molar-refractivity contribution is 5.88. The third kappa shape index (κ3) is 2.79. The average molecular weight is 293 g/mol. The first-order valence-electron chi connectivity index (χ1n) is 5.87. The van der Waals surface area contributed by atoms with Gasteiger partial charge in [0.05, 0.1) is 16.8 Å². The second kappa shape index (κ2) is 5.40. The number of pyridine rings is 1. The van der Waals surface area contributed by atoms with Gasteiger partial charge in [-0.3, -0.25) is 4.98 Å². The quantitative estimate of drug-likeness (QED) is 0.871. The molecular formula is C15H10F3NO2. The number of carbonyl (C=O) groups is 1. The van der Waals surface area contributed by atoms with Crippen molar-refractivity contribution in [3.63, 3.8) is 0 Å². The highest BCUT2D eigenvalue weighted by atomic mass is 19.3. The Hall–Kier alpha value is -2.63. The van der Waals surface area contributed by atoms with E-state index in [-0.39, 0.29) is 16.8 Å². The van der Waals surface area contributed by atoms with E-state index in [1.54, 1.807) is 0 Å². The molecule has 108 valence electrons. The molecule has 1 N–H and O–H groups in total. The highest BCUT2D eigenvalue weighted by Crippen LogP contribution is 2.36. The van der Waals surface area contributed by atoms with Crippen molar-refractivity contribution in [3.05, 3.63) is 66.1 Å². The number of carboxylic acids is 1. The van der Waals surface area contributed by atoms with Crippen molar-refractivity contribution in [1.29, 1.82) is 0 Å². The van der Waals surface area contributed by atoms with E-state index in [4.69, 9.17) is 5.11 Å². The molecule has 21 heavy (non-hydrogen) atoms. The zero-order valence-corrected chi connectivity index (χ0v) is 10.7. The Labute approximate surface area is 118 Å². The van der Waals surface area contributed by atoms with Gasteiger partial charge in [0.15, 0.2) is 0 Å². The van der Waals surface area contributed by atoms with Crippen LogP contribution in [0.3, 0.4) is 0 Å². The minimum absolute atomic E-state index is 0.197. The van der Waals surface area contributed by atoms with E-state index in [2.05, 4.69) is 11.6 Å². The van der Waals surface area contributed by atoms with E-state index in [0.29, 0.717) is 6.08 Å². The Balaban J connectivity index is 2.63. The molecule has 1 aromatic carbocycles. The molecule has 0 fully saturated rings. The fraction of sp³-hybridized carbons (Fsp3) is 0.0667. The molecule has 0 atom stereocenters. The first-order chi connectivity index (χ1) is 9.86. The summed E-state index contributed by atoms with van der Waals surface area (Å²) in [6, 6.07) is 5.44. The van der Waals surface area contributed by atoms with Crippen molar-refractivity contribution in [2.45, 2.75) is 5.92 Å². The van der Waals surface area contributed by atoms with Crippen molar-refractivity contribution in [2.24, 2.45) is 0 Å². The fourth-order valence-corrected chi connectivity index (χ4v) is 1.84. The fourth-order valence-electron chi connectivity index (χ4n) is 1.84. The molecule has 0 spiro atoms. The largest absolute Gasteiger partial charge is 0.478 e. The summed E-state index contributed by atoms with van der Waals surface area (Å²) in [4.78, 5) is 14.5. The lowest BCUT2D eigenvalue weighted by Gasteiger charge is -2.16. The van der Waals surface area contributed by atoms with Gasteiger partial charge in [-0.25, -0.2) is 9.18 Å². The third-order valence-electron chi connectivity index (χ3n) is 2.89.